The van der Waals surface area contributed by atoms with Crippen molar-refractivity contribution in [2.75, 3.05) is 6.61 Å². The molecule has 4 bridgehead atoms. The SMILES string of the molecule is CC1=C2C3[C@@H](CC1)[C@@H](C)C(=O)C[C@H](C(C)C)[C@@H]2C[C@H]1COC(C)(C)O[C@@H]31. The van der Waals surface area contributed by atoms with Gasteiger partial charge in [0.05, 0.1) is 12.7 Å². The summed E-state index contributed by atoms with van der Waals surface area (Å²) < 4.78 is 12.6. The van der Waals surface area contributed by atoms with Gasteiger partial charge in [-0.15, -0.1) is 0 Å². The predicted octanol–water partition coefficient (Wildman–Crippen LogP) is 5.00. The molecule has 1 aliphatic heterocycles. The van der Waals surface area contributed by atoms with Crippen LogP contribution >= 0.6 is 0 Å². The van der Waals surface area contributed by atoms with Crippen LogP contribution in [-0.2, 0) is 14.3 Å². The van der Waals surface area contributed by atoms with E-state index in [0.717, 1.165) is 32.3 Å². The van der Waals surface area contributed by atoms with Crippen molar-refractivity contribution in [3.05, 3.63) is 11.1 Å². The number of hydrogen-bond donors (Lipinski definition) is 0. The third-order valence-corrected chi connectivity index (χ3v) is 7.97. The maximum absolute atomic E-state index is 13.1. The Morgan fingerprint density at radius 3 is 2.65 bits per heavy atom. The van der Waals surface area contributed by atoms with Gasteiger partial charge in [-0.3, -0.25) is 4.79 Å². The number of allylic oxidation sites excluding steroid dienone is 1. The van der Waals surface area contributed by atoms with E-state index in [1.807, 2.05) is 13.8 Å². The molecule has 3 aliphatic carbocycles. The topological polar surface area (TPSA) is 35.5 Å². The maximum atomic E-state index is 13.1. The Kier molecular flexibility index (Phi) is 4.63. The van der Waals surface area contributed by atoms with Crippen LogP contribution < -0.4 is 0 Å². The molecule has 1 heterocycles. The average Bonchev–Trinajstić information content (AvgIpc) is 2.57. The van der Waals surface area contributed by atoms with Gasteiger partial charge in [0, 0.05) is 24.2 Å². The van der Waals surface area contributed by atoms with Crippen molar-refractivity contribution >= 4 is 5.78 Å². The highest BCUT2D eigenvalue weighted by atomic mass is 16.7. The highest BCUT2D eigenvalue weighted by molar-refractivity contribution is 5.81. The molecule has 3 fully saturated rings. The first-order chi connectivity index (χ1) is 12.2. The lowest BCUT2D eigenvalue weighted by Gasteiger charge is -2.57. The average molecular weight is 361 g/mol. The van der Waals surface area contributed by atoms with Crippen molar-refractivity contribution in [1.82, 2.24) is 0 Å². The summed E-state index contributed by atoms with van der Waals surface area (Å²) in [5.74, 6) is 3.00. The Morgan fingerprint density at radius 2 is 1.96 bits per heavy atom. The molecule has 0 aromatic carbocycles. The second kappa shape index (κ2) is 6.44. The molecule has 26 heavy (non-hydrogen) atoms. The molecule has 0 radical (unpaired) electrons. The van der Waals surface area contributed by atoms with E-state index in [1.165, 1.54) is 0 Å². The van der Waals surface area contributed by atoms with Crippen LogP contribution in [0.1, 0.15) is 67.2 Å². The number of Topliss-reactive ketones (excluding diaryl/α,β-unsaturated/α-hetero) is 1. The first kappa shape index (κ1) is 18.7. The molecule has 0 aromatic rings. The standard InChI is InChI=1S/C23H36O3/c1-12(2)17-10-19(24)14(4)16-8-7-13(3)20-18(17)9-15-11-25-23(5,6)26-22(15)21(16)20/h12,14-18,21-22H,7-11H2,1-6H3/t14-,15+,16+,17-,18+,21?,22-/m1/s1. The Bertz CT molecular complexity index is 617. The molecule has 0 amide bonds. The molecule has 0 N–H and O–H groups in total. The van der Waals surface area contributed by atoms with Crippen molar-refractivity contribution < 1.29 is 14.3 Å². The van der Waals surface area contributed by atoms with E-state index in [-0.39, 0.29) is 12.0 Å². The summed E-state index contributed by atoms with van der Waals surface area (Å²) in [5.41, 5.74) is 3.27. The summed E-state index contributed by atoms with van der Waals surface area (Å²) >= 11 is 0. The fraction of sp³-hybridized carbons (Fsp3) is 0.870. The number of carbonyl (C=O) groups excluding carboxylic acids is 1. The van der Waals surface area contributed by atoms with E-state index < -0.39 is 5.79 Å². The quantitative estimate of drug-likeness (QED) is 0.618. The van der Waals surface area contributed by atoms with Crippen LogP contribution in [-0.4, -0.2) is 24.3 Å². The van der Waals surface area contributed by atoms with Crippen molar-refractivity contribution in [2.45, 2.75) is 79.1 Å². The van der Waals surface area contributed by atoms with E-state index in [9.17, 15) is 4.79 Å². The van der Waals surface area contributed by atoms with Gasteiger partial charge in [-0.1, -0.05) is 31.9 Å². The Balaban J connectivity index is 1.83. The monoisotopic (exact) mass is 360 g/mol. The molecule has 3 heteroatoms. The van der Waals surface area contributed by atoms with E-state index in [4.69, 9.17) is 9.47 Å². The summed E-state index contributed by atoms with van der Waals surface area (Å²) in [6.07, 6.45) is 4.40. The summed E-state index contributed by atoms with van der Waals surface area (Å²) in [4.78, 5) is 13.1. The lowest BCUT2D eigenvalue weighted by atomic mass is 9.52. The zero-order valence-corrected chi connectivity index (χ0v) is 17.4. The van der Waals surface area contributed by atoms with E-state index in [2.05, 4.69) is 27.7 Å². The van der Waals surface area contributed by atoms with Gasteiger partial charge in [-0.25, -0.2) is 0 Å². The molecule has 146 valence electrons. The van der Waals surface area contributed by atoms with E-state index >= 15 is 0 Å². The predicted molar refractivity (Wildman–Crippen MR) is 103 cm³/mol. The van der Waals surface area contributed by atoms with Gasteiger partial charge in [0.25, 0.3) is 0 Å². The lowest BCUT2D eigenvalue weighted by molar-refractivity contribution is -0.311. The second-order valence-corrected chi connectivity index (χ2v) is 10.2. The second-order valence-electron chi connectivity index (χ2n) is 10.2. The molecular weight excluding hydrogens is 324 g/mol. The highest BCUT2D eigenvalue weighted by Crippen LogP contribution is 2.57. The fourth-order valence-electron chi connectivity index (χ4n) is 6.55. The molecular formula is C23H36O3. The van der Waals surface area contributed by atoms with Gasteiger partial charge in [-0.2, -0.15) is 0 Å². The van der Waals surface area contributed by atoms with Gasteiger partial charge >= 0.3 is 0 Å². The smallest absolute Gasteiger partial charge is 0.163 e. The Labute approximate surface area is 158 Å². The molecule has 7 atom stereocenters. The van der Waals surface area contributed by atoms with Gasteiger partial charge in [0.15, 0.2) is 5.79 Å². The summed E-state index contributed by atoms with van der Waals surface area (Å²) in [6, 6.07) is 0. The normalized spacial score (nSPS) is 45.2. The van der Waals surface area contributed by atoms with Crippen LogP contribution in [0.25, 0.3) is 0 Å². The Hall–Kier alpha value is -0.670. The summed E-state index contributed by atoms with van der Waals surface area (Å²) in [6.45, 7) is 14.0. The largest absolute Gasteiger partial charge is 0.350 e. The van der Waals surface area contributed by atoms with Crippen LogP contribution in [0.2, 0.25) is 0 Å². The van der Waals surface area contributed by atoms with Gasteiger partial charge in [0.2, 0.25) is 0 Å². The van der Waals surface area contributed by atoms with Crippen LogP contribution in [0.15, 0.2) is 11.1 Å². The molecule has 1 unspecified atom stereocenters. The molecule has 2 saturated carbocycles. The highest BCUT2D eigenvalue weighted by Gasteiger charge is 2.55. The number of hydrogen-bond acceptors (Lipinski definition) is 3. The molecule has 0 spiro atoms. The minimum Gasteiger partial charge on any atom is -0.350 e. The van der Waals surface area contributed by atoms with Crippen LogP contribution in [0.5, 0.6) is 0 Å². The third-order valence-electron chi connectivity index (χ3n) is 7.97. The Morgan fingerprint density at radius 1 is 1.23 bits per heavy atom. The van der Waals surface area contributed by atoms with Gasteiger partial charge in [-0.05, 0) is 63.7 Å². The lowest BCUT2D eigenvalue weighted by Crippen LogP contribution is -2.58. The van der Waals surface area contributed by atoms with Crippen molar-refractivity contribution in [3.8, 4) is 0 Å². The number of rotatable bonds is 1. The van der Waals surface area contributed by atoms with Gasteiger partial charge < -0.3 is 9.47 Å². The van der Waals surface area contributed by atoms with Crippen LogP contribution in [0, 0.1) is 41.4 Å². The zero-order chi connectivity index (χ0) is 18.8. The number of ketones is 1. The molecule has 1 saturated heterocycles. The molecule has 4 rings (SSSR count). The molecule has 3 nitrogen and oxygen atoms in total. The van der Waals surface area contributed by atoms with Crippen LogP contribution in [0.4, 0.5) is 0 Å². The van der Waals surface area contributed by atoms with Crippen LogP contribution in [0.3, 0.4) is 0 Å². The summed E-state index contributed by atoms with van der Waals surface area (Å²) in [7, 11) is 0. The number of ether oxygens (including phenoxy) is 2. The zero-order valence-electron chi connectivity index (χ0n) is 17.4. The third kappa shape index (κ3) is 2.90. The minimum atomic E-state index is -0.510. The van der Waals surface area contributed by atoms with Crippen molar-refractivity contribution in [3.63, 3.8) is 0 Å². The van der Waals surface area contributed by atoms with Crippen molar-refractivity contribution in [1.29, 1.82) is 0 Å². The fourth-order valence-corrected chi connectivity index (χ4v) is 6.55. The summed E-state index contributed by atoms with van der Waals surface area (Å²) in [5, 5.41) is 0. The molecule has 4 aliphatic rings. The molecule has 0 aromatic heterocycles. The van der Waals surface area contributed by atoms with E-state index in [1.54, 1.807) is 11.1 Å². The van der Waals surface area contributed by atoms with Gasteiger partial charge in [0.1, 0.15) is 5.78 Å². The maximum Gasteiger partial charge on any atom is 0.163 e. The minimum absolute atomic E-state index is 0.151. The first-order valence-corrected chi connectivity index (χ1v) is 10.7. The number of carbonyl (C=O) groups is 1. The first-order valence-electron chi connectivity index (χ1n) is 10.7. The van der Waals surface area contributed by atoms with E-state index in [0.29, 0.717) is 41.3 Å². The van der Waals surface area contributed by atoms with Crippen molar-refractivity contribution in [2.24, 2.45) is 41.4 Å². The number of fused-ring (bicyclic) bond motifs is 1.